The van der Waals surface area contributed by atoms with Crippen LogP contribution in [-0.2, 0) is 14.3 Å². The maximum atomic E-state index is 12.3. The van der Waals surface area contributed by atoms with Crippen LogP contribution in [0, 0.1) is 9.49 Å². The average molecular weight is 389 g/mol. The molecule has 1 saturated heterocycles. The Hall–Kier alpha value is -1.15. The second kappa shape index (κ2) is 7.03. The van der Waals surface area contributed by atoms with Crippen LogP contribution in [0.2, 0.25) is 0 Å². The predicted molar refractivity (Wildman–Crippen MR) is 82.5 cm³/mol. The molecule has 2 rings (SSSR count). The lowest BCUT2D eigenvalue weighted by Gasteiger charge is -2.21. The molecule has 5 nitrogen and oxygen atoms in total. The third-order valence-electron chi connectivity index (χ3n) is 3.28. The lowest BCUT2D eigenvalue weighted by Crippen LogP contribution is -2.34. The molecule has 1 heterocycles. The van der Waals surface area contributed by atoms with Crippen LogP contribution in [0.25, 0.3) is 0 Å². The number of carbonyl (C=O) groups is 2. The van der Waals surface area contributed by atoms with Crippen LogP contribution in [0.1, 0.15) is 19.3 Å². The molecule has 1 fully saturated rings. The van der Waals surface area contributed by atoms with Gasteiger partial charge in [0.1, 0.15) is 0 Å². The monoisotopic (exact) mass is 389 g/mol. The quantitative estimate of drug-likeness (QED) is 0.759. The molecule has 2 atom stereocenters. The highest BCUT2D eigenvalue weighted by atomic mass is 127. The number of halogens is 1. The number of hydrogen-bond donors (Lipinski definition) is 2. The van der Waals surface area contributed by atoms with Gasteiger partial charge in [-0.25, -0.2) is 0 Å². The standard InChI is InChI=1S/C14H16INO4/c15-10-4-1-2-5-11(10)16-14(19)9(8-13(17)18)12-6-3-7-20-12/h1-2,4-5,9,12H,3,6-8H2,(H,16,19)(H,17,18)/t9-,12+/m0/s1. The first-order valence-electron chi connectivity index (χ1n) is 6.46. The van der Waals surface area contributed by atoms with E-state index < -0.39 is 11.9 Å². The Balaban J connectivity index is 2.09. The van der Waals surface area contributed by atoms with Crippen molar-refractivity contribution in [1.82, 2.24) is 0 Å². The van der Waals surface area contributed by atoms with Gasteiger partial charge >= 0.3 is 5.97 Å². The second-order valence-corrected chi connectivity index (χ2v) is 5.89. The average Bonchev–Trinajstić information content (AvgIpc) is 2.92. The smallest absolute Gasteiger partial charge is 0.304 e. The molecule has 2 N–H and O–H groups in total. The molecule has 0 bridgehead atoms. The largest absolute Gasteiger partial charge is 0.481 e. The van der Waals surface area contributed by atoms with Crippen molar-refractivity contribution >= 4 is 40.2 Å². The zero-order valence-corrected chi connectivity index (χ0v) is 13.0. The van der Waals surface area contributed by atoms with Crippen LogP contribution in [0.3, 0.4) is 0 Å². The summed E-state index contributed by atoms with van der Waals surface area (Å²) in [6, 6.07) is 7.39. The van der Waals surface area contributed by atoms with Crippen molar-refractivity contribution in [3.05, 3.63) is 27.8 Å². The van der Waals surface area contributed by atoms with Crippen molar-refractivity contribution < 1.29 is 19.4 Å². The molecular weight excluding hydrogens is 373 g/mol. The molecule has 0 radical (unpaired) electrons. The molecule has 1 aromatic rings. The minimum Gasteiger partial charge on any atom is -0.481 e. The van der Waals surface area contributed by atoms with Gasteiger partial charge in [0, 0.05) is 10.2 Å². The highest BCUT2D eigenvalue weighted by Gasteiger charge is 2.33. The Bertz CT molecular complexity index is 500. The van der Waals surface area contributed by atoms with E-state index in [0.29, 0.717) is 12.3 Å². The van der Waals surface area contributed by atoms with E-state index in [1.54, 1.807) is 6.07 Å². The summed E-state index contributed by atoms with van der Waals surface area (Å²) in [5, 5.41) is 11.8. The number of carbonyl (C=O) groups excluding carboxylic acids is 1. The van der Waals surface area contributed by atoms with Crippen LogP contribution in [0.4, 0.5) is 5.69 Å². The predicted octanol–water partition coefficient (Wildman–Crippen LogP) is 2.50. The molecule has 20 heavy (non-hydrogen) atoms. The number of carboxylic acid groups (broad SMARTS) is 1. The minimum atomic E-state index is -0.983. The van der Waals surface area contributed by atoms with Crippen LogP contribution in [0.15, 0.2) is 24.3 Å². The molecule has 0 spiro atoms. The Morgan fingerprint density at radius 3 is 2.80 bits per heavy atom. The lowest BCUT2D eigenvalue weighted by molar-refractivity contribution is -0.142. The van der Waals surface area contributed by atoms with Crippen molar-refractivity contribution in [3.63, 3.8) is 0 Å². The number of ether oxygens (including phenoxy) is 1. The molecule has 0 aliphatic carbocycles. The van der Waals surface area contributed by atoms with Crippen molar-refractivity contribution in [2.24, 2.45) is 5.92 Å². The van der Waals surface area contributed by atoms with Crippen LogP contribution < -0.4 is 5.32 Å². The van der Waals surface area contributed by atoms with E-state index in [9.17, 15) is 9.59 Å². The van der Waals surface area contributed by atoms with Gasteiger partial charge in [-0.1, -0.05) is 12.1 Å². The summed E-state index contributed by atoms with van der Waals surface area (Å²) in [5.41, 5.74) is 0.700. The maximum absolute atomic E-state index is 12.3. The van der Waals surface area contributed by atoms with Crippen molar-refractivity contribution in [2.45, 2.75) is 25.4 Å². The number of hydrogen-bond acceptors (Lipinski definition) is 3. The molecule has 0 unspecified atom stereocenters. The van der Waals surface area contributed by atoms with E-state index in [2.05, 4.69) is 27.9 Å². The van der Waals surface area contributed by atoms with Gasteiger partial charge in [0.05, 0.1) is 24.1 Å². The SMILES string of the molecule is O=C(O)C[C@H](C(=O)Nc1ccccc1I)[C@H]1CCCO1. The number of anilines is 1. The van der Waals surface area contributed by atoms with Gasteiger partial charge in [0.25, 0.3) is 0 Å². The van der Waals surface area contributed by atoms with E-state index in [1.807, 2.05) is 18.2 Å². The second-order valence-electron chi connectivity index (χ2n) is 4.72. The fourth-order valence-electron chi connectivity index (χ4n) is 2.29. The topological polar surface area (TPSA) is 75.6 Å². The van der Waals surface area contributed by atoms with E-state index in [4.69, 9.17) is 9.84 Å². The van der Waals surface area contributed by atoms with E-state index in [-0.39, 0.29) is 18.4 Å². The highest BCUT2D eigenvalue weighted by Crippen LogP contribution is 2.25. The van der Waals surface area contributed by atoms with Gasteiger partial charge in [0.2, 0.25) is 5.91 Å². The van der Waals surface area contributed by atoms with E-state index in [1.165, 1.54) is 0 Å². The summed E-state index contributed by atoms with van der Waals surface area (Å²) < 4.78 is 6.40. The molecule has 0 aromatic heterocycles. The van der Waals surface area contributed by atoms with Gasteiger partial charge in [-0.15, -0.1) is 0 Å². The fourth-order valence-corrected chi connectivity index (χ4v) is 2.81. The highest BCUT2D eigenvalue weighted by molar-refractivity contribution is 14.1. The number of amides is 1. The first-order valence-corrected chi connectivity index (χ1v) is 7.54. The van der Waals surface area contributed by atoms with Crippen molar-refractivity contribution in [3.8, 4) is 0 Å². The number of benzene rings is 1. The van der Waals surface area contributed by atoms with Gasteiger partial charge in [-0.05, 0) is 47.6 Å². The summed E-state index contributed by atoms with van der Waals surface area (Å²) in [5.74, 6) is -1.92. The van der Waals surface area contributed by atoms with Crippen LogP contribution >= 0.6 is 22.6 Å². The zero-order valence-electron chi connectivity index (χ0n) is 10.8. The summed E-state index contributed by atoms with van der Waals surface area (Å²) in [4.78, 5) is 23.3. The normalized spacial score (nSPS) is 19.6. The number of para-hydroxylation sites is 1. The summed E-state index contributed by atoms with van der Waals surface area (Å²) in [7, 11) is 0. The third-order valence-corrected chi connectivity index (χ3v) is 4.22. The van der Waals surface area contributed by atoms with Crippen LogP contribution in [0.5, 0.6) is 0 Å². The van der Waals surface area contributed by atoms with E-state index in [0.717, 1.165) is 16.4 Å². The number of nitrogens with one attached hydrogen (secondary N) is 1. The Morgan fingerprint density at radius 2 is 2.20 bits per heavy atom. The minimum absolute atomic E-state index is 0.208. The molecular formula is C14H16INO4. The first kappa shape index (κ1) is 15.2. The molecule has 0 saturated carbocycles. The molecule has 1 aromatic carbocycles. The number of aliphatic carboxylic acids is 1. The van der Waals surface area contributed by atoms with Crippen molar-refractivity contribution in [1.29, 1.82) is 0 Å². The van der Waals surface area contributed by atoms with Crippen LogP contribution in [-0.4, -0.2) is 29.7 Å². The van der Waals surface area contributed by atoms with E-state index >= 15 is 0 Å². The van der Waals surface area contributed by atoms with Gasteiger partial charge in [0.15, 0.2) is 0 Å². The zero-order chi connectivity index (χ0) is 14.5. The molecule has 6 heteroatoms. The first-order chi connectivity index (χ1) is 9.58. The fraction of sp³-hybridized carbons (Fsp3) is 0.429. The molecule has 1 amide bonds. The molecule has 108 valence electrons. The van der Waals surface area contributed by atoms with Gasteiger partial charge < -0.3 is 15.2 Å². The Kier molecular flexibility index (Phi) is 5.36. The summed E-state index contributed by atoms with van der Waals surface area (Å²) >= 11 is 2.13. The Labute approximate surface area is 130 Å². The van der Waals surface area contributed by atoms with Crippen molar-refractivity contribution in [2.75, 3.05) is 11.9 Å². The Morgan fingerprint density at radius 1 is 1.45 bits per heavy atom. The summed E-state index contributed by atoms with van der Waals surface area (Å²) in [6.07, 6.45) is 1.10. The maximum Gasteiger partial charge on any atom is 0.304 e. The lowest BCUT2D eigenvalue weighted by atomic mass is 9.95. The third kappa shape index (κ3) is 3.92. The molecule has 1 aliphatic heterocycles. The summed E-state index contributed by atoms with van der Waals surface area (Å²) in [6.45, 7) is 0.594. The van der Waals surface area contributed by atoms with Gasteiger partial charge in [-0.2, -0.15) is 0 Å². The molecule has 1 aliphatic rings. The van der Waals surface area contributed by atoms with Gasteiger partial charge in [-0.3, -0.25) is 9.59 Å². The number of rotatable bonds is 5. The number of carboxylic acids is 1.